The Labute approximate surface area is 151 Å². The van der Waals surface area contributed by atoms with Gasteiger partial charge >= 0.3 is 10.1 Å². The molecule has 3 aromatic carbocycles. The fourth-order valence-corrected chi connectivity index (χ4v) is 3.07. The molecule has 6 heteroatoms. The predicted octanol–water partition coefficient (Wildman–Crippen LogP) is 3.72. The lowest BCUT2D eigenvalue weighted by molar-refractivity contribution is 0.339. The number of hydrogen-bond acceptors (Lipinski definition) is 5. The molecular formula is C20H14N2O3S. The number of rotatable bonds is 5. The molecule has 0 N–H and O–H groups in total. The molecule has 0 heterocycles. The third-order valence-electron chi connectivity index (χ3n) is 3.57. The fraction of sp³-hybridized carbons (Fsp3) is 0. The molecule has 0 bridgehead atoms. The normalized spacial score (nSPS) is 11.6. The second kappa shape index (κ2) is 7.64. The van der Waals surface area contributed by atoms with Crippen molar-refractivity contribution in [3.05, 3.63) is 102 Å². The minimum absolute atomic E-state index is 0.0157. The lowest BCUT2D eigenvalue weighted by Crippen LogP contribution is -2.08. The molecule has 0 amide bonds. The molecule has 0 fully saturated rings. The molecule has 0 aromatic heterocycles. The summed E-state index contributed by atoms with van der Waals surface area (Å²) in [6, 6.07) is 25.6. The van der Waals surface area contributed by atoms with Crippen LogP contribution < -0.4 is 0 Å². The summed E-state index contributed by atoms with van der Waals surface area (Å²) in [5, 5.41) is 13.0. The van der Waals surface area contributed by atoms with Crippen LogP contribution in [0.15, 0.2) is 95.0 Å². The second-order valence-electron chi connectivity index (χ2n) is 5.34. The monoisotopic (exact) mass is 362 g/mol. The first kappa shape index (κ1) is 17.4. The van der Waals surface area contributed by atoms with Crippen LogP contribution in [0.3, 0.4) is 0 Å². The highest BCUT2D eigenvalue weighted by molar-refractivity contribution is 7.86. The minimum atomic E-state index is -4.04. The third kappa shape index (κ3) is 3.97. The van der Waals surface area contributed by atoms with E-state index in [4.69, 9.17) is 9.55 Å². The van der Waals surface area contributed by atoms with E-state index >= 15 is 0 Å². The van der Waals surface area contributed by atoms with Crippen LogP contribution in [-0.4, -0.2) is 14.1 Å². The number of nitrogens with zero attached hydrogens (tertiary/aromatic N) is 2. The molecule has 0 radical (unpaired) electrons. The smallest absolute Gasteiger partial charge is 0.264 e. The summed E-state index contributed by atoms with van der Waals surface area (Å²) in [4.78, 5) is 0.0157. The van der Waals surface area contributed by atoms with Crippen LogP contribution in [0.2, 0.25) is 0 Å². The molecule has 5 nitrogen and oxygen atoms in total. The average molecular weight is 362 g/mol. The van der Waals surface area contributed by atoms with Crippen molar-refractivity contribution >= 4 is 15.8 Å². The number of oxime groups is 1. The number of hydrogen-bond donors (Lipinski definition) is 0. The van der Waals surface area contributed by atoms with Crippen molar-refractivity contribution in [1.29, 1.82) is 5.26 Å². The van der Waals surface area contributed by atoms with Gasteiger partial charge in [0.05, 0.1) is 11.6 Å². The summed E-state index contributed by atoms with van der Waals surface area (Å²) in [6.45, 7) is 0. The van der Waals surface area contributed by atoms with Gasteiger partial charge in [-0.15, -0.1) is 0 Å². The van der Waals surface area contributed by atoms with Gasteiger partial charge in [-0.05, 0) is 24.3 Å². The van der Waals surface area contributed by atoms with Crippen molar-refractivity contribution in [1.82, 2.24) is 0 Å². The minimum Gasteiger partial charge on any atom is -0.264 e. The Kier molecular flexibility index (Phi) is 5.11. The van der Waals surface area contributed by atoms with Crippen LogP contribution in [0.25, 0.3) is 0 Å². The molecule has 0 saturated carbocycles. The van der Waals surface area contributed by atoms with Crippen molar-refractivity contribution in [3.8, 4) is 6.07 Å². The zero-order valence-corrected chi connectivity index (χ0v) is 14.4. The van der Waals surface area contributed by atoms with Gasteiger partial charge in [-0.3, -0.25) is 4.28 Å². The maximum absolute atomic E-state index is 12.3. The van der Waals surface area contributed by atoms with Crippen LogP contribution in [0, 0.1) is 11.3 Å². The number of benzene rings is 3. The number of nitriles is 1. The molecule has 0 unspecified atom stereocenters. The van der Waals surface area contributed by atoms with E-state index in [-0.39, 0.29) is 4.90 Å². The Bertz CT molecular complexity index is 1070. The van der Waals surface area contributed by atoms with Gasteiger partial charge in [0.1, 0.15) is 10.6 Å². The molecular weight excluding hydrogens is 348 g/mol. The quantitative estimate of drug-likeness (QED) is 0.512. The van der Waals surface area contributed by atoms with Crippen molar-refractivity contribution in [2.75, 3.05) is 0 Å². The Morgan fingerprint density at radius 2 is 1.46 bits per heavy atom. The van der Waals surface area contributed by atoms with Crippen LogP contribution in [0.5, 0.6) is 0 Å². The van der Waals surface area contributed by atoms with Gasteiger partial charge in [0.2, 0.25) is 0 Å². The Hall–Kier alpha value is -3.43. The van der Waals surface area contributed by atoms with Gasteiger partial charge in [-0.25, -0.2) is 0 Å². The molecule has 0 atom stereocenters. The molecule has 0 spiro atoms. The fourth-order valence-electron chi connectivity index (χ4n) is 2.32. The highest BCUT2D eigenvalue weighted by atomic mass is 32.2. The van der Waals surface area contributed by atoms with Crippen LogP contribution in [0.1, 0.15) is 16.7 Å². The van der Waals surface area contributed by atoms with Crippen LogP contribution in [0.4, 0.5) is 0 Å². The first-order valence-corrected chi connectivity index (χ1v) is 9.13. The van der Waals surface area contributed by atoms with E-state index in [2.05, 4.69) is 11.2 Å². The van der Waals surface area contributed by atoms with E-state index in [0.717, 1.165) is 0 Å². The molecule has 0 aliphatic heterocycles. The van der Waals surface area contributed by atoms with Gasteiger partial charge in [0, 0.05) is 11.1 Å². The summed E-state index contributed by atoms with van der Waals surface area (Å²) in [6.07, 6.45) is 0. The SMILES string of the molecule is N#Cc1cccc(C(=NOS(=O)(=O)c2ccccc2)c2ccccc2)c1. The summed E-state index contributed by atoms with van der Waals surface area (Å²) in [5.41, 5.74) is 2.02. The van der Waals surface area contributed by atoms with Crippen LogP contribution in [-0.2, 0) is 14.4 Å². The van der Waals surface area contributed by atoms with E-state index in [1.807, 2.05) is 18.2 Å². The highest BCUT2D eigenvalue weighted by Gasteiger charge is 2.17. The summed E-state index contributed by atoms with van der Waals surface area (Å²) in [7, 11) is -4.04. The first-order valence-electron chi connectivity index (χ1n) is 7.73. The van der Waals surface area contributed by atoms with Gasteiger partial charge in [0.15, 0.2) is 0 Å². The maximum Gasteiger partial charge on any atom is 0.358 e. The second-order valence-corrected chi connectivity index (χ2v) is 6.87. The molecule has 0 saturated heterocycles. The van der Waals surface area contributed by atoms with Gasteiger partial charge in [0.25, 0.3) is 0 Å². The zero-order chi connectivity index (χ0) is 18.4. The standard InChI is InChI=1S/C20H14N2O3S/c21-15-16-8-7-11-18(14-16)20(17-9-3-1-4-10-17)22-25-26(23,24)19-12-5-2-6-13-19/h1-14H. The average Bonchev–Trinajstić information content (AvgIpc) is 2.70. The van der Waals surface area contributed by atoms with Crippen molar-refractivity contribution in [2.45, 2.75) is 4.90 Å². The van der Waals surface area contributed by atoms with E-state index in [0.29, 0.717) is 22.4 Å². The molecule has 3 rings (SSSR count). The molecule has 0 aliphatic carbocycles. The Morgan fingerprint density at radius 3 is 2.12 bits per heavy atom. The molecule has 128 valence electrons. The van der Waals surface area contributed by atoms with E-state index in [1.165, 1.54) is 12.1 Å². The van der Waals surface area contributed by atoms with E-state index in [9.17, 15) is 8.42 Å². The predicted molar refractivity (Wildman–Crippen MR) is 98.0 cm³/mol. The summed E-state index contributed by atoms with van der Waals surface area (Å²) < 4.78 is 29.6. The highest BCUT2D eigenvalue weighted by Crippen LogP contribution is 2.16. The summed E-state index contributed by atoms with van der Waals surface area (Å²) in [5.74, 6) is 0. The summed E-state index contributed by atoms with van der Waals surface area (Å²) >= 11 is 0. The topological polar surface area (TPSA) is 79.5 Å². The molecule has 3 aromatic rings. The zero-order valence-electron chi connectivity index (χ0n) is 13.6. The van der Waals surface area contributed by atoms with Gasteiger partial charge < -0.3 is 0 Å². The largest absolute Gasteiger partial charge is 0.358 e. The van der Waals surface area contributed by atoms with E-state index < -0.39 is 10.1 Å². The molecule has 26 heavy (non-hydrogen) atoms. The van der Waals surface area contributed by atoms with Crippen molar-refractivity contribution < 1.29 is 12.7 Å². The third-order valence-corrected chi connectivity index (χ3v) is 4.69. The van der Waals surface area contributed by atoms with Crippen molar-refractivity contribution in [2.24, 2.45) is 5.16 Å². The Morgan fingerprint density at radius 1 is 0.846 bits per heavy atom. The first-order chi connectivity index (χ1) is 12.6. The molecule has 0 aliphatic rings. The van der Waals surface area contributed by atoms with E-state index in [1.54, 1.807) is 54.6 Å². The van der Waals surface area contributed by atoms with Crippen molar-refractivity contribution in [3.63, 3.8) is 0 Å². The maximum atomic E-state index is 12.3. The van der Waals surface area contributed by atoms with Gasteiger partial charge in [-0.2, -0.15) is 13.7 Å². The Balaban J connectivity index is 2.04. The van der Waals surface area contributed by atoms with Crippen LogP contribution >= 0.6 is 0 Å². The lowest BCUT2D eigenvalue weighted by Gasteiger charge is -2.08. The lowest BCUT2D eigenvalue weighted by atomic mass is 10.0. The van der Waals surface area contributed by atoms with Gasteiger partial charge in [-0.1, -0.05) is 65.8 Å².